The first-order valence-corrected chi connectivity index (χ1v) is 16.7. The van der Waals surface area contributed by atoms with Gasteiger partial charge in [-0.2, -0.15) is 40.9 Å². The first-order valence-electron chi connectivity index (χ1n) is 16.7. The van der Waals surface area contributed by atoms with Crippen molar-refractivity contribution in [3.8, 4) is 0 Å². The summed E-state index contributed by atoms with van der Waals surface area (Å²) in [6.07, 6.45) is 17.2. The average Bonchev–Trinajstić information content (AvgIpc) is 3.81. The number of hydrogen-bond acceptors (Lipinski definition) is 12. The van der Waals surface area contributed by atoms with Crippen molar-refractivity contribution in [2.24, 2.45) is 40.9 Å². The van der Waals surface area contributed by atoms with E-state index in [2.05, 4.69) is 61.7 Å². The minimum absolute atomic E-state index is 0.0335. The molecule has 43 heavy (non-hydrogen) atoms. The van der Waals surface area contributed by atoms with Crippen LogP contribution in [0.5, 0.6) is 0 Å². The first kappa shape index (κ1) is 33.2. The van der Waals surface area contributed by atoms with Crippen LogP contribution in [-0.2, 0) is 19.1 Å². The van der Waals surface area contributed by atoms with Crippen molar-refractivity contribution in [3.05, 3.63) is 6.92 Å². The molecule has 0 amide bonds. The van der Waals surface area contributed by atoms with E-state index in [4.69, 9.17) is 9.47 Å². The molecule has 0 N–H and O–H groups in total. The summed E-state index contributed by atoms with van der Waals surface area (Å²) < 4.78 is 10.6. The molecule has 1 unspecified atom stereocenters. The normalized spacial score (nSPS) is 20.5. The molecule has 0 bridgehead atoms. The molecule has 1 atom stereocenters. The summed E-state index contributed by atoms with van der Waals surface area (Å²) >= 11 is 0. The summed E-state index contributed by atoms with van der Waals surface area (Å²) in [5.41, 5.74) is -0.773. The Balaban J connectivity index is 0.952. The summed E-state index contributed by atoms with van der Waals surface area (Å²) in [6, 6.07) is 0. The number of nitrogens with zero attached hydrogens (tertiary/aromatic N) is 8. The van der Waals surface area contributed by atoms with Crippen molar-refractivity contribution in [2.45, 2.75) is 171 Å². The Morgan fingerprint density at radius 3 is 1.26 bits per heavy atom. The van der Waals surface area contributed by atoms with Crippen molar-refractivity contribution in [3.63, 3.8) is 0 Å². The second-order valence-corrected chi connectivity index (χ2v) is 12.9. The third kappa shape index (κ3) is 11.7. The molecule has 0 aromatic heterocycles. The maximum absolute atomic E-state index is 12.2. The van der Waals surface area contributed by atoms with Crippen LogP contribution in [0.3, 0.4) is 0 Å². The lowest BCUT2D eigenvalue weighted by atomic mass is 9.94. The SMILES string of the molecule is [CH2]C(COC(=O)CCCCC1(CCCC2(CCCC)N=N2)N=N1)OC(=O)CCCCC1(CCCC2(CCCC)N=N2)N=N1. The van der Waals surface area contributed by atoms with Gasteiger partial charge in [-0.25, -0.2) is 0 Å². The predicted molar refractivity (Wildman–Crippen MR) is 160 cm³/mol. The zero-order valence-corrected chi connectivity index (χ0v) is 26.3. The lowest BCUT2D eigenvalue weighted by Crippen LogP contribution is -2.22. The first-order chi connectivity index (χ1) is 20.8. The lowest BCUT2D eigenvalue weighted by Gasteiger charge is -2.15. The number of ether oxygens (including phenoxy) is 2. The third-order valence-corrected chi connectivity index (χ3v) is 8.85. The highest BCUT2D eigenvalue weighted by molar-refractivity contribution is 5.70. The van der Waals surface area contributed by atoms with Crippen LogP contribution in [0.1, 0.15) is 142 Å². The maximum Gasteiger partial charge on any atom is 0.306 e. The fourth-order valence-corrected chi connectivity index (χ4v) is 5.70. The standard InChI is InChI=1S/C31H51N8O4/c1-4-6-16-28(32-33-28)20-12-22-30(36-37-30)18-10-8-14-26(40)42-24-25(3)43-27(41)15-9-11-19-31(38-39-31)23-13-21-29(34-35-29)17-7-5-2/h25H,3-24H2,1-2H3. The molecule has 239 valence electrons. The summed E-state index contributed by atoms with van der Waals surface area (Å²) in [5.74, 6) is -0.632. The van der Waals surface area contributed by atoms with E-state index in [1.54, 1.807) is 0 Å². The number of hydrogen-bond donors (Lipinski definition) is 0. The van der Waals surface area contributed by atoms with Gasteiger partial charge in [-0.3, -0.25) is 9.59 Å². The fraction of sp³-hybridized carbons (Fsp3) is 0.903. The quantitative estimate of drug-likeness (QED) is 0.0684. The molecule has 4 heterocycles. The van der Waals surface area contributed by atoms with Gasteiger partial charge in [-0.1, -0.05) is 26.7 Å². The van der Waals surface area contributed by atoms with E-state index in [-0.39, 0.29) is 41.2 Å². The average molecular weight is 600 g/mol. The molecule has 1 radical (unpaired) electrons. The van der Waals surface area contributed by atoms with Gasteiger partial charge in [0.25, 0.3) is 0 Å². The second-order valence-electron chi connectivity index (χ2n) is 12.9. The van der Waals surface area contributed by atoms with E-state index in [1.165, 1.54) is 0 Å². The number of carbonyl (C=O) groups excluding carboxylic acids is 2. The Kier molecular flexibility index (Phi) is 11.9. The van der Waals surface area contributed by atoms with Gasteiger partial charge in [-0.05, 0) is 110 Å². The van der Waals surface area contributed by atoms with Crippen LogP contribution in [0.4, 0.5) is 0 Å². The molecule has 4 aliphatic rings. The highest BCUT2D eigenvalue weighted by atomic mass is 16.6. The molecular weight excluding hydrogens is 548 g/mol. The van der Waals surface area contributed by atoms with Gasteiger partial charge in [0.05, 0.1) is 0 Å². The van der Waals surface area contributed by atoms with E-state index < -0.39 is 6.10 Å². The van der Waals surface area contributed by atoms with Crippen LogP contribution in [0, 0.1) is 6.92 Å². The summed E-state index contributed by atoms with van der Waals surface area (Å²) in [6.45, 7) is 8.14. The van der Waals surface area contributed by atoms with Crippen molar-refractivity contribution in [1.29, 1.82) is 0 Å². The Bertz CT molecular complexity index is 1030. The molecule has 0 saturated carbocycles. The maximum atomic E-state index is 12.2. The second kappa shape index (κ2) is 15.4. The van der Waals surface area contributed by atoms with E-state index >= 15 is 0 Å². The van der Waals surface area contributed by atoms with Gasteiger partial charge in [0.2, 0.25) is 0 Å². The number of rotatable bonds is 27. The van der Waals surface area contributed by atoms with Crippen molar-refractivity contribution in [1.82, 2.24) is 0 Å². The molecule has 4 aliphatic heterocycles. The van der Waals surface area contributed by atoms with Crippen LogP contribution >= 0.6 is 0 Å². The zero-order chi connectivity index (χ0) is 30.7. The Labute approximate surface area is 256 Å². The molecule has 0 aromatic rings. The Morgan fingerprint density at radius 2 is 0.884 bits per heavy atom. The van der Waals surface area contributed by atoms with Gasteiger partial charge in [-0.15, -0.1) is 0 Å². The van der Waals surface area contributed by atoms with Crippen LogP contribution in [-0.4, -0.2) is 47.3 Å². The van der Waals surface area contributed by atoms with E-state index in [0.29, 0.717) is 25.7 Å². The predicted octanol–water partition coefficient (Wildman–Crippen LogP) is 8.77. The molecular formula is C31H51N8O4. The van der Waals surface area contributed by atoms with Gasteiger partial charge in [0, 0.05) is 12.8 Å². The molecule has 0 spiro atoms. The summed E-state index contributed by atoms with van der Waals surface area (Å²) in [4.78, 5) is 24.4. The van der Waals surface area contributed by atoms with Gasteiger partial charge in [0.1, 0.15) is 12.7 Å². The van der Waals surface area contributed by atoms with Crippen LogP contribution in [0.15, 0.2) is 40.9 Å². The van der Waals surface area contributed by atoms with Crippen LogP contribution in [0.25, 0.3) is 0 Å². The number of unbranched alkanes of at least 4 members (excludes halogenated alkanes) is 4. The van der Waals surface area contributed by atoms with Crippen molar-refractivity contribution in [2.75, 3.05) is 6.61 Å². The molecule has 12 heteroatoms. The molecule has 0 aromatic carbocycles. The minimum atomic E-state index is -0.715. The van der Waals surface area contributed by atoms with Crippen LogP contribution in [0.2, 0.25) is 0 Å². The smallest absolute Gasteiger partial charge is 0.306 e. The number of esters is 2. The Morgan fingerprint density at radius 1 is 0.535 bits per heavy atom. The molecule has 12 nitrogen and oxygen atoms in total. The van der Waals surface area contributed by atoms with Gasteiger partial charge >= 0.3 is 11.9 Å². The highest BCUT2D eigenvalue weighted by Gasteiger charge is 2.44. The third-order valence-electron chi connectivity index (χ3n) is 8.85. The summed E-state index contributed by atoms with van der Waals surface area (Å²) in [5, 5.41) is 34.2. The number of carbonyl (C=O) groups is 2. The van der Waals surface area contributed by atoms with Crippen molar-refractivity contribution < 1.29 is 19.1 Å². The fourth-order valence-electron chi connectivity index (χ4n) is 5.70. The molecule has 4 rings (SSSR count). The highest BCUT2D eigenvalue weighted by Crippen LogP contribution is 2.44. The van der Waals surface area contributed by atoms with Crippen molar-refractivity contribution >= 4 is 11.9 Å². The monoisotopic (exact) mass is 599 g/mol. The lowest BCUT2D eigenvalue weighted by molar-refractivity contribution is -0.156. The largest absolute Gasteiger partial charge is 0.462 e. The van der Waals surface area contributed by atoms with E-state index in [0.717, 1.165) is 103 Å². The molecule has 0 fully saturated rings. The molecule has 0 aliphatic carbocycles. The van der Waals surface area contributed by atoms with E-state index in [1.807, 2.05) is 0 Å². The minimum Gasteiger partial charge on any atom is -0.462 e. The van der Waals surface area contributed by atoms with E-state index in [9.17, 15) is 9.59 Å². The molecule has 0 saturated heterocycles. The summed E-state index contributed by atoms with van der Waals surface area (Å²) in [7, 11) is 0. The van der Waals surface area contributed by atoms with Gasteiger partial charge in [0.15, 0.2) is 22.7 Å². The van der Waals surface area contributed by atoms with Crippen LogP contribution < -0.4 is 0 Å². The Hall–Kier alpha value is -2.66. The topological polar surface area (TPSA) is 151 Å². The van der Waals surface area contributed by atoms with Gasteiger partial charge < -0.3 is 9.47 Å². The zero-order valence-electron chi connectivity index (χ0n) is 26.3.